The zero-order valence-corrected chi connectivity index (χ0v) is 15.0. The molecule has 0 fully saturated rings. The van der Waals surface area contributed by atoms with Crippen LogP contribution in [0.1, 0.15) is 21.6 Å². The van der Waals surface area contributed by atoms with Crippen molar-refractivity contribution < 1.29 is 9.53 Å². The lowest BCUT2D eigenvalue weighted by molar-refractivity contribution is 0.102. The van der Waals surface area contributed by atoms with E-state index in [2.05, 4.69) is 15.6 Å². The number of hydrogen-bond donors (Lipinski definition) is 2. The summed E-state index contributed by atoms with van der Waals surface area (Å²) in [5.74, 6) is 0.506. The van der Waals surface area contributed by atoms with Gasteiger partial charge in [0.1, 0.15) is 11.4 Å². The minimum absolute atomic E-state index is 0.234. The van der Waals surface area contributed by atoms with Crippen LogP contribution in [0, 0.1) is 13.8 Å². The van der Waals surface area contributed by atoms with Crippen LogP contribution in [0.25, 0.3) is 0 Å². The van der Waals surface area contributed by atoms with Gasteiger partial charge in [-0.3, -0.25) is 4.79 Å². The molecular weight excluding hydrogens is 326 g/mol. The van der Waals surface area contributed by atoms with E-state index in [-0.39, 0.29) is 5.91 Å². The molecule has 2 aromatic carbocycles. The average molecular weight is 347 g/mol. The minimum atomic E-state index is -0.234. The lowest BCUT2D eigenvalue weighted by atomic mass is 10.1. The fourth-order valence-electron chi connectivity index (χ4n) is 2.58. The Balaban J connectivity index is 1.73. The number of methoxy groups -OCH3 is 1. The van der Waals surface area contributed by atoms with Gasteiger partial charge in [-0.1, -0.05) is 24.3 Å². The summed E-state index contributed by atoms with van der Waals surface area (Å²) >= 11 is 0. The van der Waals surface area contributed by atoms with E-state index in [9.17, 15) is 4.79 Å². The fraction of sp³-hybridized carbons (Fsp3) is 0.143. The molecule has 0 aliphatic heterocycles. The van der Waals surface area contributed by atoms with Crippen LogP contribution >= 0.6 is 0 Å². The van der Waals surface area contributed by atoms with E-state index in [0.29, 0.717) is 5.69 Å². The molecule has 132 valence electrons. The summed E-state index contributed by atoms with van der Waals surface area (Å²) in [5.41, 5.74) is 4.95. The Morgan fingerprint density at radius 1 is 0.962 bits per heavy atom. The second-order valence-corrected chi connectivity index (χ2v) is 5.96. The van der Waals surface area contributed by atoms with Gasteiger partial charge in [0.05, 0.1) is 24.7 Å². The van der Waals surface area contributed by atoms with Crippen LogP contribution in [0.4, 0.5) is 17.1 Å². The highest BCUT2D eigenvalue weighted by molar-refractivity contribution is 6.03. The van der Waals surface area contributed by atoms with Crippen molar-refractivity contribution in [2.45, 2.75) is 13.8 Å². The molecule has 0 spiro atoms. The number of amides is 1. The maximum Gasteiger partial charge on any atom is 0.274 e. The minimum Gasteiger partial charge on any atom is -0.495 e. The van der Waals surface area contributed by atoms with Crippen LogP contribution in [0.3, 0.4) is 0 Å². The first-order valence-corrected chi connectivity index (χ1v) is 8.32. The molecule has 0 aliphatic rings. The van der Waals surface area contributed by atoms with Gasteiger partial charge < -0.3 is 15.4 Å². The number of rotatable bonds is 5. The summed E-state index contributed by atoms with van der Waals surface area (Å²) in [6, 6.07) is 17.0. The number of pyridine rings is 1. The molecule has 3 aromatic rings. The second kappa shape index (κ2) is 7.70. The van der Waals surface area contributed by atoms with Crippen LogP contribution in [-0.2, 0) is 0 Å². The molecule has 26 heavy (non-hydrogen) atoms. The quantitative estimate of drug-likeness (QED) is 0.702. The van der Waals surface area contributed by atoms with E-state index in [1.807, 2.05) is 62.4 Å². The average Bonchev–Trinajstić information content (AvgIpc) is 2.66. The number of hydrogen-bond acceptors (Lipinski definition) is 4. The highest BCUT2D eigenvalue weighted by Gasteiger charge is 2.10. The van der Waals surface area contributed by atoms with Crippen molar-refractivity contribution in [3.8, 4) is 5.75 Å². The largest absolute Gasteiger partial charge is 0.495 e. The lowest BCUT2D eigenvalue weighted by Gasteiger charge is -2.12. The third-order valence-electron chi connectivity index (χ3n) is 4.23. The molecule has 0 saturated carbocycles. The number of benzene rings is 2. The number of aromatic nitrogens is 1. The molecule has 0 saturated heterocycles. The molecule has 0 unspecified atom stereocenters. The van der Waals surface area contributed by atoms with Crippen molar-refractivity contribution in [2.75, 3.05) is 17.7 Å². The van der Waals surface area contributed by atoms with Crippen LogP contribution in [-0.4, -0.2) is 18.0 Å². The highest BCUT2D eigenvalue weighted by atomic mass is 16.5. The van der Waals surface area contributed by atoms with E-state index in [1.165, 1.54) is 0 Å². The highest BCUT2D eigenvalue weighted by Crippen LogP contribution is 2.26. The Morgan fingerprint density at radius 2 is 1.73 bits per heavy atom. The Hall–Kier alpha value is -3.34. The van der Waals surface area contributed by atoms with Gasteiger partial charge in [-0.05, 0) is 55.3 Å². The normalized spacial score (nSPS) is 10.3. The van der Waals surface area contributed by atoms with Gasteiger partial charge in [0.2, 0.25) is 0 Å². The first-order chi connectivity index (χ1) is 12.6. The smallest absolute Gasteiger partial charge is 0.274 e. The van der Waals surface area contributed by atoms with E-state index >= 15 is 0 Å². The number of aryl methyl sites for hydroxylation is 1. The van der Waals surface area contributed by atoms with Gasteiger partial charge in [0.25, 0.3) is 5.91 Å². The van der Waals surface area contributed by atoms with Crippen molar-refractivity contribution in [3.63, 3.8) is 0 Å². The predicted molar refractivity (Wildman–Crippen MR) is 104 cm³/mol. The number of nitrogens with zero attached hydrogens (tertiary/aromatic N) is 1. The zero-order chi connectivity index (χ0) is 18.5. The second-order valence-electron chi connectivity index (χ2n) is 5.96. The molecule has 1 amide bonds. The molecule has 0 radical (unpaired) electrons. The molecular formula is C21H21N3O2. The molecule has 5 heteroatoms. The number of ether oxygens (including phenoxy) is 1. The number of para-hydroxylation sites is 2. The first kappa shape index (κ1) is 17.5. The predicted octanol–water partition coefficient (Wildman–Crippen LogP) is 4.70. The standard InChI is InChI=1S/C21H21N3O2/c1-14-7-6-9-17(15(14)2)24-21(25)19-12-11-16(13-22-19)23-18-8-4-5-10-20(18)26-3/h4-13,23H,1-3H3,(H,24,25). The number of carbonyl (C=O) groups is 1. The van der Waals surface area contributed by atoms with Crippen LogP contribution in [0.5, 0.6) is 5.75 Å². The van der Waals surface area contributed by atoms with Gasteiger partial charge >= 0.3 is 0 Å². The Kier molecular flexibility index (Phi) is 5.17. The van der Waals surface area contributed by atoms with Crippen molar-refractivity contribution in [1.82, 2.24) is 4.98 Å². The SMILES string of the molecule is COc1ccccc1Nc1ccc(C(=O)Nc2cccc(C)c2C)nc1. The van der Waals surface area contributed by atoms with Gasteiger partial charge in [0, 0.05) is 5.69 Å². The maximum absolute atomic E-state index is 12.4. The van der Waals surface area contributed by atoms with Gasteiger partial charge in [-0.2, -0.15) is 0 Å². The maximum atomic E-state index is 12.4. The number of anilines is 3. The first-order valence-electron chi connectivity index (χ1n) is 8.32. The van der Waals surface area contributed by atoms with Crippen molar-refractivity contribution in [3.05, 3.63) is 77.6 Å². The molecule has 1 aromatic heterocycles. The van der Waals surface area contributed by atoms with Crippen molar-refractivity contribution in [2.24, 2.45) is 0 Å². The molecule has 0 aliphatic carbocycles. The van der Waals surface area contributed by atoms with E-state index in [0.717, 1.165) is 33.9 Å². The molecule has 3 rings (SSSR count). The fourth-order valence-corrected chi connectivity index (χ4v) is 2.58. The molecule has 0 bridgehead atoms. The third-order valence-corrected chi connectivity index (χ3v) is 4.23. The Morgan fingerprint density at radius 3 is 2.46 bits per heavy atom. The lowest BCUT2D eigenvalue weighted by Crippen LogP contribution is -2.14. The third kappa shape index (κ3) is 3.83. The Labute approximate surface area is 153 Å². The van der Waals surface area contributed by atoms with Gasteiger partial charge in [-0.15, -0.1) is 0 Å². The molecule has 1 heterocycles. The number of nitrogens with one attached hydrogen (secondary N) is 2. The van der Waals surface area contributed by atoms with E-state index in [1.54, 1.807) is 19.4 Å². The van der Waals surface area contributed by atoms with Gasteiger partial charge in [-0.25, -0.2) is 4.98 Å². The summed E-state index contributed by atoms with van der Waals surface area (Å²) in [5, 5.41) is 6.15. The topological polar surface area (TPSA) is 63.2 Å². The van der Waals surface area contributed by atoms with Crippen molar-refractivity contribution >= 4 is 23.0 Å². The van der Waals surface area contributed by atoms with E-state index < -0.39 is 0 Å². The molecule has 0 atom stereocenters. The van der Waals surface area contributed by atoms with Crippen molar-refractivity contribution in [1.29, 1.82) is 0 Å². The van der Waals surface area contributed by atoms with Crippen LogP contribution in [0.2, 0.25) is 0 Å². The summed E-state index contributed by atoms with van der Waals surface area (Å²) in [4.78, 5) is 16.7. The summed E-state index contributed by atoms with van der Waals surface area (Å²) in [6.07, 6.45) is 1.63. The van der Waals surface area contributed by atoms with Crippen LogP contribution in [0.15, 0.2) is 60.8 Å². The van der Waals surface area contributed by atoms with Gasteiger partial charge in [0.15, 0.2) is 0 Å². The summed E-state index contributed by atoms with van der Waals surface area (Å²) in [6.45, 7) is 4.00. The summed E-state index contributed by atoms with van der Waals surface area (Å²) < 4.78 is 5.32. The van der Waals surface area contributed by atoms with E-state index in [4.69, 9.17) is 4.74 Å². The monoisotopic (exact) mass is 347 g/mol. The Bertz CT molecular complexity index is 921. The molecule has 2 N–H and O–H groups in total. The van der Waals surface area contributed by atoms with Crippen LogP contribution < -0.4 is 15.4 Å². The number of carbonyl (C=O) groups excluding carboxylic acids is 1. The summed E-state index contributed by atoms with van der Waals surface area (Å²) in [7, 11) is 1.62. The molecule has 5 nitrogen and oxygen atoms in total. The zero-order valence-electron chi connectivity index (χ0n) is 15.0.